The minimum atomic E-state index is -0.920. The molecular weight excluding hydrogens is 516 g/mol. The van der Waals surface area contributed by atoms with E-state index in [2.05, 4.69) is 17.2 Å². The Kier molecular flexibility index (Phi) is 7.71. The number of rotatable bonds is 8. The molecule has 198 valence electrons. The number of cyclic esters (lactones) is 1. The number of allylic oxidation sites excluding steroid dienone is 5. The highest BCUT2D eigenvalue weighted by Crippen LogP contribution is 2.40. The van der Waals surface area contributed by atoms with E-state index in [4.69, 9.17) is 22.1 Å². The fraction of sp³-hybridized carbons (Fsp3) is 0.233. The van der Waals surface area contributed by atoms with Crippen LogP contribution in [0.5, 0.6) is 0 Å². The van der Waals surface area contributed by atoms with Crippen molar-refractivity contribution >= 4 is 35.2 Å². The Hall–Kier alpha value is -4.48. The lowest BCUT2D eigenvalue weighted by Gasteiger charge is -2.50. The predicted molar refractivity (Wildman–Crippen MR) is 148 cm³/mol. The number of hydrogen-bond acceptors (Lipinski definition) is 5. The maximum atomic E-state index is 13.5. The van der Waals surface area contributed by atoms with E-state index in [1.165, 1.54) is 9.80 Å². The summed E-state index contributed by atoms with van der Waals surface area (Å²) in [7, 11) is 0. The molecule has 3 N–H and O–H groups in total. The summed E-state index contributed by atoms with van der Waals surface area (Å²) in [6.45, 7) is 0.149. The summed E-state index contributed by atoms with van der Waals surface area (Å²) in [6.07, 6.45) is 8.45. The number of nitrogens with two attached hydrogens (primary N) is 1. The normalized spacial score (nSPS) is 24.0. The molecule has 0 aromatic heterocycles. The van der Waals surface area contributed by atoms with Crippen LogP contribution in [0.1, 0.15) is 17.2 Å². The van der Waals surface area contributed by atoms with Crippen molar-refractivity contribution in [3.8, 4) is 11.8 Å². The van der Waals surface area contributed by atoms with Gasteiger partial charge >= 0.3 is 6.09 Å². The molecule has 0 radical (unpaired) electrons. The predicted octanol–water partition coefficient (Wildman–Crippen LogP) is 3.53. The Morgan fingerprint density at radius 1 is 1.15 bits per heavy atom. The number of halogens is 1. The first-order valence-electron chi connectivity index (χ1n) is 12.6. The first-order valence-corrected chi connectivity index (χ1v) is 12.9. The Balaban J connectivity index is 1.39. The summed E-state index contributed by atoms with van der Waals surface area (Å²) in [6, 6.07) is 14.5. The van der Waals surface area contributed by atoms with Crippen molar-refractivity contribution in [1.29, 1.82) is 0 Å². The molecule has 2 fully saturated rings. The number of carbonyl (C=O) groups excluding carboxylic acids is 3. The fourth-order valence-electron chi connectivity index (χ4n) is 4.91. The number of ether oxygens (including phenoxy) is 1. The molecular formula is C30H27ClN4O4. The average molecular weight is 543 g/mol. The highest BCUT2D eigenvalue weighted by Gasteiger charge is 2.57. The summed E-state index contributed by atoms with van der Waals surface area (Å²) >= 11 is 6.84. The number of nitrogen functional groups attached to an aromatic ring is 1. The smallest absolute Gasteiger partial charge is 0.411 e. The van der Waals surface area contributed by atoms with Crippen LogP contribution in [0.3, 0.4) is 0 Å². The van der Waals surface area contributed by atoms with Gasteiger partial charge in [-0.25, -0.2) is 4.79 Å². The van der Waals surface area contributed by atoms with Crippen LogP contribution in [-0.4, -0.2) is 52.9 Å². The van der Waals surface area contributed by atoms with Crippen LogP contribution in [-0.2, 0) is 20.9 Å². The van der Waals surface area contributed by atoms with E-state index >= 15 is 0 Å². The molecule has 3 amide bonds. The van der Waals surface area contributed by atoms with Crippen molar-refractivity contribution < 1.29 is 19.1 Å². The molecule has 1 aliphatic carbocycles. The number of anilines is 1. The van der Waals surface area contributed by atoms with Gasteiger partial charge in [-0.2, -0.15) is 0 Å². The molecule has 1 unspecified atom stereocenters. The van der Waals surface area contributed by atoms with Crippen LogP contribution in [0.2, 0.25) is 0 Å². The van der Waals surface area contributed by atoms with Crippen molar-refractivity contribution in [3.63, 3.8) is 0 Å². The quantitative estimate of drug-likeness (QED) is 0.302. The molecule has 4 atom stereocenters. The van der Waals surface area contributed by atoms with Crippen molar-refractivity contribution in [2.24, 2.45) is 5.92 Å². The topological polar surface area (TPSA) is 105 Å². The monoisotopic (exact) mass is 542 g/mol. The summed E-state index contributed by atoms with van der Waals surface area (Å²) in [5, 5.41) is 3.14. The summed E-state index contributed by atoms with van der Waals surface area (Å²) in [5.41, 5.74) is 8.10. The number of β-lactam (4-membered cyclic amide) rings is 1. The molecule has 0 saturated carbocycles. The van der Waals surface area contributed by atoms with E-state index in [0.717, 1.165) is 11.1 Å². The van der Waals surface area contributed by atoms with Crippen LogP contribution >= 0.6 is 11.6 Å². The van der Waals surface area contributed by atoms with Crippen LogP contribution in [0, 0.1) is 17.8 Å². The maximum Gasteiger partial charge on any atom is 0.411 e. The zero-order valence-corrected chi connectivity index (χ0v) is 21.8. The molecule has 2 saturated heterocycles. The number of nitrogens with one attached hydrogen (secondary N) is 1. The highest BCUT2D eigenvalue weighted by molar-refractivity contribution is 6.31. The lowest BCUT2D eigenvalue weighted by molar-refractivity contribution is -0.157. The minimum absolute atomic E-state index is 0.115. The van der Waals surface area contributed by atoms with Gasteiger partial charge in [0.25, 0.3) is 0 Å². The van der Waals surface area contributed by atoms with E-state index in [-0.39, 0.29) is 37.4 Å². The van der Waals surface area contributed by atoms with Gasteiger partial charge in [0.1, 0.15) is 19.2 Å². The summed E-state index contributed by atoms with van der Waals surface area (Å²) in [5.74, 6) is 4.97. The lowest BCUT2D eigenvalue weighted by atomic mass is 9.89. The first kappa shape index (κ1) is 26.1. The molecule has 3 aliphatic rings. The van der Waals surface area contributed by atoms with Crippen molar-refractivity contribution in [2.75, 3.05) is 18.9 Å². The number of hydrogen-bond donors (Lipinski definition) is 2. The molecule has 39 heavy (non-hydrogen) atoms. The van der Waals surface area contributed by atoms with Gasteiger partial charge in [-0.15, -0.1) is 0 Å². The standard InChI is InChI=1S/C30H27ClN4O4/c31-24(16-20-9-4-1-2-5-10-20)27-28(35-25(19-39-30(35)38)22-12-6-3-7-13-22)29(37)34(27)18-26(36)33-17-21-11-8-14-23(32)15-21/h1-4,6-9,11-16,20,25,27-28H,17-19,32H2,(H,33,36)/b24-16-/t20?,25-,27-,28+/m1/s1. The van der Waals surface area contributed by atoms with E-state index < -0.39 is 24.2 Å². The highest BCUT2D eigenvalue weighted by atomic mass is 35.5. The summed E-state index contributed by atoms with van der Waals surface area (Å²) < 4.78 is 5.37. The van der Waals surface area contributed by atoms with E-state index in [1.54, 1.807) is 30.4 Å². The molecule has 8 nitrogen and oxygen atoms in total. The summed E-state index contributed by atoms with van der Waals surface area (Å²) in [4.78, 5) is 42.1. The maximum absolute atomic E-state index is 13.5. The van der Waals surface area contributed by atoms with Crippen LogP contribution in [0.4, 0.5) is 10.5 Å². The third-order valence-corrected chi connectivity index (χ3v) is 7.15. The Morgan fingerprint density at radius 3 is 2.77 bits per heavy atom. The van der Waals surface area contributed by atoms with Gasteiger partial charge in [-0.05, 0) is 35.4 Å². The second kappa shape index (κ2) is 11.5. The number of benzene rings is 2. The van der Waals surface area contributed by atoms with Gasteiger partial charge < -0.3 is 20.7 Å². The Labute approximate surface area is 231 Å². The Bertz CT molecular complexity index is 1430. The van der Waals surface area contributed by atoms with Crippen molar-refractivity contribution in [3.05, 3.63) is 101 Å². The van der Waals surface area contributed by atoms with Crippen LogP contribution in [0.15, 0.2) is 90.0 Å². The zero-order valence-electron chi connectivity index (χ0n) is 21.0. The van der Waals surface area contributed by atoms with E-state index in [0.29, 0.717) is 10.7 Å². The molecule has 2 aromatic rings. The van der Waals surface area contributed by atoms with Gasteiger partial charge in [0.05, 0.1) is 18.0 Å². The van der Waals surface area contributed by atoms with Crippen LogP contribution < -0.4 is 11.1 Å². The molecule has 2 aliphatic heterocycles. The number of likely N-dealkylation sites (tertiary alicyclic amines) is 1. The van der Waals surface area contributed by atoms with Gasteiger partial charge in [-0.1, -0.05) is 84.1 Å². The van der Waals surface area contributed by atoms with E-state index in [9.17, 15) is 14.4 Å². The zero-order chi connectivity index (χ0) is 27.4. The van der Waals surface area contributed by atoms with Gasteiger partial charge in [-0.3, -0.25) is 14.5 Å². The van der Waals surface area contributed by atoms with Gasteiger partial charge in [0, 0.05) is 17.3 Å². The van der Waals surface area contributed by atoms with Crippen molar-refractivity contribution in [2.45, 2.75) is 24.7 Å². The first-order chi connectivity index (χ1) is 18.9. The SMILES string of the molecule is Nc1cccc(CNC(=O)CN2C(=O)[C@@H](N3C(=O)OC[C@@H]3c3ccccc3)[C@H]2/C(Cl)=C/C2C#CC=CC=C2)c1. The molecule has 9 heteroatoms. The van der Waals surface area contributed by atoms with Crippen LogP contribution in [0.25, 0.3) is 0 Å². The van der Waals surface area contributed by atoms with Crippen molar-refractivity contribution in [1.82, 2.24) is 15.1 Å². The lowest BCUT2D eigenvalue weighted by Crippen LogP contribution is -2.72. The van der Waals surface area contributed by atoms with E-state index in [1.807, 2.05) is 54.6 Å². The molecule has 5 rings (SSSR count). The van der Waals surface area contributed by atoms with Gasteiger partial charge in [0.2, 0.25) is 11.8 Å². The third kappa shape index (κ3) is 5.69. The largest absolute Gasteiger partial charge is 0.447 e. The molecule has 2 aromatic carbocycles. The molecule has 0 bridgehead atoms. The molecule has 2 heterocycles. The molecule has 0 spiro atoms. The average Bonchev–Trinajstić information content (AvgIpc) is 3.12. The second-order valence-corrected chi connectivity index (χ2v) is 9.83. The number of nitrogens with zero attached hydrogens (tertiary/aromatic N) is 2. The number of carbonyl (C=O) groups is 3. The minimum Gasteiger partial charge on any atom is -0.447 e. The van der Waals surface area contributed by atoms with Gasteiger partial charge in [0.15, 0.2) is 0 Å². The second-order valence-electron chi connectivity index (χ2n) is 9.40. The number of amides is 3. The Morgan fingerprint density at radius 2 is 1.97 bits per heavy atom. The fourth-order valence-corrected chi connectivity index (χ4v) is 5.28. The third-order valence-electron chi connectivity index (χ3n) is 6.80.